The summed E-state index contributed by atoms with van der Waals surface area (Å²) >= 11 is 0. The molecule has 0 heterocycles. The summed E-state index contributed by atoms with van der Waals surface area (Å²) in [7, 11) is -1.24. The molecule has 2 nitrogen and oxygen atoms in total. The number of ether oxygens (including phenoxy) is 1. The molecule has 2 rings (SSSR count). The molecule has 2 aromatic carbocycles. The molecular weight excluding hydrogens is 238 g/mol. The summed E-state index contributed by atoms with van der Waals surface area (Å²) in [5.74, 6) is 0. The van der Waals surface area contributed by atoms with E-state index in [1.165, 1.54) is 13.5 Å². The van der Waals surface area contributed by atoms with Crippen molar-refractivity contribution in [3.8, 4) is 0 Å². The second-order valence-electron chi connectivity index (χ2n) is 3.67. The van der Waals surface area contributed by atoms with E-state index in [9.17, 15) is 4.57 Å². The van der Waals surface area contributed by atoms with Gasteiger partial charge in [-0.1, -0.05) is 60.7 Å². The fourth-order valence-electron chi connectivity index (χ4n) is 1.72. The average Bonchev–Trinajstić information content (AvgIpc) is 2.41. The van der Waals surface area contributed by atoms with Crippen LogP contribution in [-0.4, -0.2) is 7.11 Å². The Kier molecular flexibility index (Phi) is 5.92. The van der Waals surface area contributed by atoms with Crippen LogP contribution in [-0.2, 0) is 9.30 Å². The summed E-state index contributed by atoms with van der Waals surface area (Å²) in [5, 5.41) is 1.57. The Balaban J connectivity index is 0.00000162. The molecule has 0 atom stereocenters. The van der Waals surface area contributed by atoms with Gasteiger partial charge >= 0.3 is 18.9 Å². The molecule has 0 unspecified atom stereocenters. The first-order valence-corrected chi connectivity index (χ1v) is 7.13. The van der Waals surface area contributed by atoms with Gasteiger partial charge in [0.25, 0.3) is 0 Å². The zero-order chi connectivity index (χ0) is 12.1. The zero-order valence-electron chi connectivity index (χ0n) is 10.6. The van der Waals surface area contributed by atoms with Crippen LogP contribution in [0.25, 0.3) is 0 Å². The molecule has 4 heteroatoms. The van der Waals surface area contributed by atoms with Gasteiger partial charge in [0.2, 0.25) is 0 Å². The van der Waals surface area contributed by atoms with Crippen molar-refractivity contribution >= 4 is 17.8 Å². The Morgan fingerprint density at radius 3 is 1.61 bits per heavy atom. The Morgan fingerprint density at radius 2 is 1.28 bits per heavy atom. The Labute approximate surface area is 120 Å². The van der Waals surface area contributed by atoms with Crippen LogP contribution in [0.2, 0.25) is 0 Å². The molecule has 0 aliphatic carbocycles. The molecule has 2 aromatic rings. The second kappa shape index (κ2) is 6.97. The topological polar surface area (TPSA) is 26.3 Å². The molecule has 88 valence electrons. The fraction of sp³-hybridized carbons (Fsp3) is 0.0714. The number of hydrogen-bond donors (Lipinski definition) is 0. The van der Waals surface area contributed by atoms with Crippen LogP contribution >= 0.6 is 7.14 Å². The molecule has 0 N–H and O–H groups in total. The largest absolute Gasteiger partial charge is 1.00 e. The van der Waals surface area contributed by atoms with Crippen molar-refractivity contribution in [3.63, 3.8) is 0 Å². The number of hydrogen-bond acceptors (Lipinski definition) is 2. The predicted octanol–water partition coefficient (Wildman–Crippen LogP) is -0.230. The van der Waals surface area contributed by atoms with E-state index in [1.54, 1.807) is 0 Å². The molecule has 18 heavy (non-hydrogen) atoms. The van der Waals surface area contributed by atoms with Crippen LogP contribution in [0.5, 0.6) is 0 Å². The molecule has 0 fully saturated rings. The van der Waals surface area contributed by atoms with Gasteiger partial charge in [0.1, 0.15) is 0 Å². The van der Waals surface area contributed by atoms with Gasteiger partial charge in [-0.3, -0.25) is 0 Å². The van der Waals surface area contributed by atoms with Crippen molar-refractivity contribution in [2.45, 2.75) is 0 Å². The smallest absolute Gasteiger partial charge is 0.546 e. The molecule has 0 aromatic heterocycles. The van der Waals surface area contributed by atoms with E-state index >= 15 is 0 Å². The molecule has 0 spiro atoms. The molecule has 0 aliphatic heterocycles. The van der Waals surface area contributed by atoms with E-state index < -0.39 is 7.14 Å². The quantitative estimate of drug-likeness (QED) is 0.427. The van der Waals surface area contributed by atoms with Crippen LogP contribution in [0.1, 0.15) is 0 Å². The molecule has 0 saturated heterocycles. The summed E-state index contributed by atoms with van der Waals surface area (Å²) in [6, 6.07) is 18.8. The van der Waals surface area contributed by atoms with Crippen LogP contribution in [0.4, 0.5) is 0 Å². The Bertz CT molecular complexity index is 470. The molecule has 0 amide bonds. The van der Waals surface area contributed by atoms with E-state index in [1.807, 2.05) is 60.7 Å². The van der Waals surface area contributed by atoms with E-state index in [4.69, 9.17) is 4.74 Å². The normalized spacial score (nSPS) is 10.7. The van der Waals surface area contributed by atoms with Crippen LogP contribution in [0.3, 0.4) is 0 Å². The van der Waals surface area contributed by atoms with Crippen molar-refractivity contribution in [1.29, 1.82) is 0 Å². The third kappa shape index (κ3) is 3.16. The van der Waals surface area contributed by atoms with Gasteiger partial charge in [-0.15, -0.1) is 6.35 Å². The maximum Gasteiger partial charge on any atom is 1.00 e. The number of benzene rings is 2. The summed E-state index contributed by atoms with van der Waals surface area (Å²) in [6.45, 7) is 0. The molecular formula is C14H14LiO2P. The summed E-state index contributed by atoms with van der Waals surface area (Å²) in [5.41, 5.74) is 0. The SMILES string of the molecule is CO[CH-]P(=O)(c1ccccc1)c1ccccc1.[Li+]. The van der Waals surface area contributed by atoms with Crippen molar-refractivity contribution < 1.29 is 28.2 Å². The van der Waals surface area contributed by atoms with Gasteiger partial charge in [0.05, 0.1) is 0 Å². The summed E-state index contributed by atoms with van der Waals surface area (Å²) < 4.78 is 18.1. The minimum atomic E-state index is -2.77. The first-order valence-electron chi connectivity index (χ1n) is 5.35. The predicted molar refractivity (Wildman–Crippen MR) is 71.1 cm³/mol. The minimum Gasteiger partial charge on any atom is -0.546 e. The monoisotopic (exact) mass is 252 g/mol. The fourth-order valence-corrected chi connectivity index (χ4v) is 3.79. The minimum absolute atomic E-state index is 0. The Morgan fingerprint density at radius 1 is 0.889 bits per heavy atom. The third-order valence-electron chi connectivity index (χ3n) is 2.53. The van der Waals surface area contributed by atoms with Crippen LogP contribution < -0.4 is 29.5 Å². The van der Waals surface area contributed by atoms with E-state index in [0.717, 1.165) is 10.6 Å². The summed E-state index contributed by atoms with van der Waals surface area (Å²) in [6.07, 6.45) is 1.44. The summed E-state index contributed by atoms with van der Waals surface area (Å²) in [4.78, 5) is 0. The maximum atomic E-state index is 13.0. The van der Waals surface area contributed by atoms with Gasteiger partial charge in [0, 0.05) is 7.14 Å². The van der Waals surface area contributed by atoms with Gasteiger partial charge in [-0.2, -0.15) is 0 Å². The van der Waals surface area contributed by atoms with E-state index in [0.29, 0.717) is 0 Å². The third-order valence-corrected chi connectivity index (χ3v) is 5.17. The van der Waals surface area contributed by atoms with Gasteiger partial charge in [-0.05, 0) is 17.7 Å². The van der Waals surface area contributed by atoms with Crippen LogP contribution in [0, 0.1) is 6.35 Å². The maximum absolute atomic E-state index is 13.0. The van der Waals surface area contributed by atoms with E-state index in [-0.39, 0.29) is 18.9 Å². The first kappa shape index (κ1) is 15.3. The molecule has 0 bridgehead atoms. The Hall–Kier alpha value is -0.773. The standard InChI is InChI=1S/C14H14O2P.Li/c1-16-12-17(15,13-8-4-2-5-9-13)14-10-6-3-7-11-14;/h2-12H,1H3;/q-1;+1. The first-order chi connectivity index (χ1) is 8.27. The average molecular weight is 252 g/mol. The van der Waals surface area contributed by atoms with Crippen molar-refractivity contribution in [3.05, 3.63) is 67.0 Å². The number of rotatable bonds is 4. The molecule has 0 aliphatic rings. The van der Waals surface area contributed by atoms with Crippen molar-refractivity contribution in [1.82, 2.24) is 0 Å². The van der Waals surface area contributed by atoms with Gasteiger partial charge in [-0.25, -0.2) is 0 Å². The van der Waals surface area contributed by atoms with Gasteiger partial charge < -0.3 is 9.30 Å². The second-order valence-corrected chi connectivity index (χ2v) is 6.23. The number of methoxy groups -OCH3 is 1. The molecule has 0 radical (unpaired) electrons. The van der Waals surface area contributed by atoms with E-state index in [2.05, 4.69) is 0 Å². The molecule has 0 saturated carbocycles. The zero-order valence-corrected chi connectivity index (χ0v) is 11.5. The van der Waals surface area contributed by atoms with Crippen molar-refractivity contribution in [2.24, 2.45) is 0 Å². The van der Waals surface area contributed by atoms with Crippen molar-refractivity contribution in [2.75, 3.05) is 7.11 Å². The van der Waals surface area contributed by atoms with Gasteiger partial charge in [0.15, 0.2) is 0 Å². The van der Waals surface area contributed by atoms with Crippen LogP contribution in [0.15, 0.2) is 60.7 Å².